The summed E-state index contributed by atoms with van der Waals surface area (Å²) < 4.78 is 37.2. The fourth-order valence-corrected chi connectivity index (χ4v) is 3.89. The van der Waals surface area contributed by atoms with Crippen molar-refractivity contribution in [2.45, 2.75) is 44.3 Å². The molecule has 23 heavy (non-hydrogen) atoms. The van der Waals surface area contributed by atoms with E-state index in [1.807, 2.05) is 0 Å². The molecule has 1 heterocycles. The van der Waals surface area contributed by atoms with Crippen molar-refractivity contribution >= 4 is 0 Å². The maximum absolute atomic E-state index is 12.4. The molecule has 0 amide bonds. The molecule has 1 saturated carbocycles. The van der Waals surface area contributed by atoms with Gasteiger partial charge in [-0.1, -0.05) is 24.3 Å². The van der Waals surface area contributed by atoms with Gasteiger partial charge >= 0.3 is 6.18 Å². The summed E-state index contributed by atoms with van der Waals surface area (Å²) in [5.41, 5.74) is 2.80. The number of nitrogens with zero attached hydrogens (tertiary/aromatic N) is 1. The Morgan fingerprint density at radius 1 is 1.22 bits per heavy atom. The highest BCUT2D eigenvalue weighted by molar-refractivity contribution is 5.31. The average Bonchev–Trinajstić information content (AvgIpc) is 2.84. The first-order chi connectivity index (χ1) is 10.9. The zero-order valence-electron chi connectivity index (χ0n) is 13.6. The molecule has 1 aromatic rings. The first-order valence-corrected chi connectivity index (χ1v) is 8.49. The van der Waals surface area contributed by atoms with E-state index < -0.39 is 12.7 Å². The quantitative estimate of drug-likeness (QED) is 0.887. The van der Waals surface area contributed by atoms with Crippen molar-refractivity contribution in [1.29, 1.82) is 0 Å². The number of nitrogens with one attached hydrogen (secondary N) is 1. The number of alkyl halides is 3. The van der Waals surface area contributed by atoms with Crippen molar-refractivity contribution < 1.29 is 13.2 Å². The standard InChI is InChI=1S/C18H25F3N2/c1-13-4-2-3-5-17(13)15-8-16(9-15)22-10-14-6-7-23(11-14)12-18(19,20)21/h2-5,14-16,22H,6-12H2,1H3. The van der Waals surface area contributed by atoms with Crippen LogP contribution in [-0.2, 0) is 0 Å². The number of rotatable bonds is 5. The van der Waals surface area contributed by atoms with Gasteiger partial charge in [-0.25, -0.2) is 0 Å². The number of likely N-dealkylation sites (tertiary alicyclic amines) is 1. The predicted octanol–water partition coefficient (Wildman–Crippen LogP) is 3.71. The third-order valence-electron chi connectivity index (χ3n) is 5.23. The van der Waals surface area contributed by atoms with E-state index >= 15 is 0 Å². The molecule has 128 valence electrons. The lowest BCUT2D eigenvalue weighted by Gasteiger charge is -2.37. The third kappa shape index (κ3) is 4.48. The van der Waals surface area contributed by atoms with Crippen LogP contribution in [0.3, 0.4) is 0 Å². The molecule has 1 aliphatic carbocycles. The Balaban J connectivity index is 1.36. The van der Waals surface area contributed by atoms with Gasteiger partial charge in [0, 0.05) is 12.6 Å². The van der Waals surface area contributed by atoms with Gasteiger partial charge in [0.2, 0.25) is 0 Å². The highest BCUT2D eigenvalue weighted by atomic mass is 19.4. The fraction of sp³-hybridized carbons (Fsp3) is 0.667. The largest absolute Gasteiger partial charge is 0.401 e. The van der Waals surface area contributed by atoms with Gasteiger partial charge in [-0.05, 0) is 62.2 Å². The number of hydrogen-bond donors (Lipinski definition) is 1. The van der Waals surface area contributed by atoms with Crippen molar-refractivity contribution in [3.8, 4) is 0 Å². The molecule has 0 bridgehead atoms. The maximum Gasteiger partial charge on any atom is 0.401 e. The van der Waals surface area contributed by atoms with Gasteiger partial charge in [-0.3, -0.25) is 4.90 Å². The first-order valence-electron chi connectivity index (χ1n) is 8.49. The van der Waals surface area contributed by atoms with Gasteiger partial charge in [0.25, 0.3) is 0 Å². The van der Waals surface area contributed by atoms with E-state index in [2.05, 4.69) is 36.5 Å². The minimum atomic E-state index is -4.07. The Hall–Kier alpha value is -1.07. The molecule has 0 radical (unpaired) electrons. The van der Waals surface area contributed by atoms with Crippen LogP contribution >= 0.6 is 0 Å². The van der Waals surface area contributed by atoms with Crippen LogP contribution in [0, 0.1) is 12.8 Å². The molecule has 5 heteroatoms. The van der Waals surface area contributed by atoms with E-state index in [4.69, 9.17) is 0 Å². The Bertz CT molecular complexity index is 523. The summed E-state index contributed by atoms with van der Waals surface area (Å²) in [7, 11) is 0. The van der Waals surface area contributed by atoms with E-state index in [1.165, 1.54) is 16.0 Å². The highest BCUT2D eigenvalue weighted by Gasteiger charge is 2.35. The molecule has 1 saturated heterocycles. The minimum Gasteiger partial charge on any atom is -0.314 e. The number of aryl methyl sites for hydroxylation is 1. The molecule has 1 N–H and O–H groups in total. The zero-order chi connectivity index (χ0) is 16.4. The van der Waals surface area contributed by atoms with Crippen LogP contribution in [0.25, 0.3) is 0 Å². The number of halogens is 3. The normalized spacial score (nSPS) is 28.8. The van der Waals surface area contributed by atoms with Crippen molar-refractivity contribution in [2.24, 2.45) is 5.92 Å². The van der Waals surface area contributed by atoms with E-state index in [9.17, 15) is 13.2 Å². The molecular formula is C18H25F3N2. The highest BCUT2D eigenvalue weighted by Crippen LogP contribution is 2.38. The summed E-state index contributed by atoms with van der Waals surface area (Å²) in [5, 5.41) is 3.56. The molecule has 3 rings (SSSR count). The van der Waals surface area contributed by atoms with E-state index in [-0.39, 0.29) is 0 Å². The second-order valence-corrected chi connectivity index (χ2v) is 7.14. The monoisotopic (exact) mass is 326 g/mol. The summed E-state index contributed by atoms with van der Waals surface area (Å²) in [6, 6.07) is 9.06. The first kappa shape index (κ1) is 16.8. The maximum atomic E-state index is 12.4. The van der Waals surface area contributed by atoms with Crippen molar-refractivity contribution in [2.75, 3.05) is 26.2 Å². The summed E-state index contributed by atoms with van der Waals surface area (Å²) in [5.74, 6) is 0.994. The molecule has 2 fully saturated rings. The predicted molar refractivity (Wildman–Crippen MR) is 85.5 cm³/mol. The lowest BCUT2D eigenvalue weighted by Crippen LogP contribution is -2.43. The van der Waals surface area contributed by atoms with E-state index in [0.717, 1.165) is 25.8 Å². The van der Waals surface area contributed by atoms with Gasteiger partial charge < -0.3 is 5.32 Å². The molecule has 1 atom stereocenters. The van der Waals surface area contributed by atoms with Crippen LogP contribution in [0.5, 0.6) is 0 Å². The van der Waals surface area contributed by atoms with Crippen LogP contribution in [0.2, 0.25) is 0 Å². The molecular weight excluding hydrogens is 301 g/mol. The second-order valence-electron chi connectivity index (χ2n) is 7.14. The van der Waals surface area contributed by atoms with Crippen LogP contribution < -0.4 is 5.32 Å². The molecule has 1 unspecified atom stereocenters. The lowest BCUT2D eigenvalue weighted by atomic mass is 9.74. The summed E-state index contributed by atoms with van der Waals surface area (Å²) >= 11 is 0. The lowest BCUT2D eigenvalue weighted by molar-refractivity contribution is -0.143. The van der Waals surface area contributed by atoms with Crippen LogP contribution in [-0.4, -0.2) is 43.3 Å². The van der Waals surface area contributed by atoms with E-state index in [0.29, 0.717) is 31.0 Å². The molecule has 2 aliphatic rings. The Labute approximate surface area is 136 Å². The Morgan fingerprint density at radius 3 is 2.65 bits per heavy atom. The molecule has 0 aromatic heterocycles. The minimum absolute atomic E-state index is 0.356. The van der Waals surface area contributed by atoms with Gasteiger partial charge in [0.15, 0.2) is 0 Å². The smallest absolute Gasteiger partial charge is 0.314 e. The third-order valence-corrected chi connectivity index (χ3v) is 5.23. The van der Waals surface area contributed by atoms with Gasteiger partial charge in [0.1, 0.15) is 0 Å². The summed E-state index contributed by atoms with van der Waals surface area (Å²) in [6.07, 6.45) is -0.915. The topological polar surface area (TPSA) is 15.3 Å². The van der Waals surface area contributed by atoms with Crippen LogP contribution in [0.1, 0.15) is 36.3 Å². The van der Waals surface area contributed by atoms with Gasteiger partial charge in [-0.2, -0.15) is 13.2 Å². The van der Waals surface area contributed by atoms with Crippen LogP contribution in [0.15, 0.2) is 24.3 Å². The Morgan fingerprint density at radius 2 is 1.96 bits per heavy atom. The number of benzene rings is 1. The van der Waals surface area contributed by atoms with Gasteiger partial charge in [0.05, 0.1) is 6.54 Å². The average molecular weight is 326 g/mol. The molecule has 1 aromatic carbocycles. The molecule has 1 aliphatic heterocycles. The van der Waals surface area contributed by atoms with Crippen molar-refractivity contribution in [1.82, 2.24) is 10.2 Å². The molecule has 0 spiro atoms. The number of hydrogen-bond acceptors (Lipinski definition) is 2. The van der Waals surface area contributed by atoms with Crippen molar-refractivity contribution in [3.05, 3.63) is 35.4 Å². The van der Waals surface area contributed by atoms with Gasteiger partial charge in [-0.15, -0.1) is 0 Å². The van der Waals surface area contributed by atoms with E-state index in [1.54, 1.807) is 0 Å². The zero-order valence-corrected chi connectivity index (χ0v) is 13.6. The fourth-order valence-electron chi connectivity index (χ4n) is 3.89. The van der Waals surface area contributed by atoms with Crippen molar-refractivity contribution in [3.63, 3.8) is 0 Å². The van der Waals surface area contributed by atoms with Crippen LogP contribution in [0.4, 0.5) is 13.2 Å². The SMILES string of the molecule is Cc1ccccc1C1CC(NCC2CCN(CC(F)(F)F)C2)C1. The Kier molecular flexibility index (Phi) is 4.97. The summed E-state index contributed by atoms with van der Waals surface area (Å²) in [6.45, 7) is 3.38. The second kappa shape index (κ2) is 6.81. The summed E-state index contributed by atoms with van der Waals surface area (Å²) in [4.78, 5) is 1.53. The molecule has 2 nitrogen and oxygen atoms in total.